The maximum atomic E-state index is 13.7. The molecule has 1 saturated carbocycles. The standard InChI is InChI=1S/C17H13F2NO3/c18-11-2-3-13(12(19)8-11)20-16(21)17(5-6-17)10-1-4-14-15(7-10)23-9-22-14/h1-4,7-8H,5-6,9H2,(H,20,21). The molecule has 118 valence electrons. The lowest BCUT2D eigenvalue weighted by Crippen LogP contribution is -2.28. The van der Waals surface area contributed by atoms with Gasteiger partial charge in [-0.2, -0.15) is 0 Å². The van der Waals surface area contributed by atoms with Crippen molar-refractivity contribution in [1.82, 2.24) is 0 Å². The molecule has 2 aromatic rings. The molecule has 1 aliphatic heterocycles. The highest BCUT2D eigenvalue weighted by atomic mass is 19.1. The Morgan fingerprint density at radius 2 is 1.83 bits per heavy atom. The number of rotatable bonds is 3. The van der Waals surface area contributed by atoms with Gasteiger partial charge in [0.15, 0.2) is 11.5 Å². The summed E-state index contributed by atoms with van der Waals surface area (Å²) in [5, 5.41) is 2.55. The van der Waals surface area contributed by atoms with Gasteiger partial charge < -0.3 is 14.8 Å². The molecule has 1 N–H and O–H groups in total. The summed E-state index contributed by atoms with van der Waals surface area (Å²) in [6, 6.07) is 8.45. The molecule has 4 nitrogen and oxygen atoms in total. The zero-order valence-electron chi connectivity index (χ0n) is 12.1. The summed E-state index contributed by atoms with van der Waals surface area (Å²) in [5.74, 6) is -0.525. The van der Waals surface area contributed by atoms with Crippen LogP contribution in [0.1, 0.15) is 18.4 Å². The number of fused-ring (bicyclic) bond motifs is 1. The molecule has 0 spiro atoms. The van der Waals surface area contributed by atoms with Gasteiger partial charge in [0.2, 0.25) is 12.7 Å². The van der Waals surface area contributed by atoms with Crippen LogP contribution in [0.2, 0.25) is 0 Å². The Morgan fingerprint density at radius 1 is 1.04 bits per heavy atom. The molecule has 2 aromatic carbocycles. The number of hydrogen-bond donors (Lipinski definition) is 1. The van der Waals surface area contributed by atoms with Crippen LogP contribution in [0.3, 0.4) is 0 Å². The zero-order chi connectivity index (χ0) is 16.0. The summed E-state index contributed by atoms with van der Waals surface area (Å²) in [6.45, 7) is 0.165. The number of nitrogens with one attached hydrogen (secondary N) is 1. The fraction of sp³-hybridized carbons (Fsp3) is 0.235. The average Bonchev–Trinajstić information content (AvgIpc) is 3.21. The lowest BCUT2D eigenvalue weighted by atomic mass is 9.94. The molecule has 23 heavy (non-hydrogen) atoms. The third-order valence-electron chi connectivity index (χ3n) is 4.29. The first-order valence-electron chi connectivity index (χ1n) is 7.25. The monoisotopic (exact) mass is 317 g/mol. The van der Waals surface area contributed by atoms with Crippen LogP contribution < -0.4 is 14.8 Å². The van der Waals surface area contributed by atoms with E-state index in [1.165, 1.54) is 6.07 Å². The van der Waals surface area contributed by atoms with Gasteiger partial charge in [0.25, 0.3) is 0 Å². The Labute approximate surface area is 131 Å². The summed E-state index contributed by atoms with van der Waals surface area (Å²) >= 11 is 0. The van der Waals surface area contributed by atoms with E-state index >= 15 is 0 Å². The number of anilines is 1. The van der Waals surface area contributed by atoms with E-state index in [4.69, 9.17) is 9.47 Å². The third-order valence-corrected chi connectivity index (χ3v) is 4.29. The van der Waals surface area contributed by atoms with E-state index in [0.717, 1.165) is 17.7 Å². The normalized spacial score (nSPS) is 17.0. The Bertz CT molecular complexity index is 802. The van der Waals surface area contributed by atoms with Crippen molar-refractivity contribution in [2.45, 2.75) is 18.3 Å². The molecule has 0 unspecified atom stereocenters. The maximum absolute atomic E-state index is 13.7. The highest BCUT2D eigenvalue weighted by Crippen LogP contribution is 2.51. The zero-order valence-corrected chi connectivity index (χ0v) is 12.1. The molecule has 0 aromatic heterocycles. The highest BCUT2D eigenvalue weighted by molar-refractivity contribution is 6.01. The quantitative estimate of drug-likeness (QED) is 0.944. The molecule has 1 aliphatic carbocycles. The summed E-state index contributed by atoms with van der Waals surface area (Å²) in [6.07, 6.45) is 1.34. The smallest absolute Gasteiger partial charge is 0.235 e. The summed E-state index contributed by atoms with van der Waals surface area (Å²) in [5.41, 5.74) is 0.0899. The van der Waals surface area contributed by atoms with E-state index in [0.29, 0.717) is 24.3 Å². The van der Waals surface area contributed by atoms with Crippen LogP contribution in [-0.2, 0) is 10.2 Å². The lowest BCUT2D eigenvalue weighted by molar-refractivity contribution is -0.118. The van der Waals surface area contributed by atoms with E-state index in [2.05, 4.69) is 5.32 Å². The van der Waals surface area contributed by atoms with Crippen LogP contribution in [0, 0.1) is 11.6 Å². The molecule has 0 radical (unpaired) electrons. The predicted molar refractivity (Wildman–Crippen MR) is 78.5 cm³/mol. The fourth-order valence-corrected chi connectivity index (χ4v) is 2.80. The van der Waals surface area contributed by atoms with Crippen LogP contribution in [0.5, 0.6) is 11.5 Å². The average molecular weight is 317 g/mol. The topological polar surface area (TPSA) is 47.6 Å². The molecule has 1 heterocycles. The van der Waals surface area contributed by atoms with E-state index in [1.807, 2.05) is 6.07 Å². The predicted octanol–water partition coefficient (Wildman–Crippen LogP) is 3.36. The Balaban J connectivity index is 1.60. The molecule has 6 heteroatoms. The number of halogens is 2. The van der Waals surface area contributed by atoms with E-state index in [9.17, 15) is 13.6 Å². The second-order valence-corrected chi connectivity index (χ2v) is 5.73. The van der Waals surface area contributed by atoms with Crippen molar-refractivity contribution in [3.8, 4) is 11.5 Å². The van der Waals surface area contributed by atoms with Crippen LogP contribution in [0.4, 0.5) is 14.5 Å². The van der Waals surface area contributed by atoms with E-state index in [1.54, 1.807) is 12.1 Å². The van der Waals surface area contributed by atoms with Crippen LogP contribution in [0.15, 0.2) is 36.4 Å². The molecule has 0 bridgehead atoms. The van der Waals surface area contributed by atoms with Crippen molar-refractivity contribution in [3.05, 3.63) is 53.6 Å². The summed E-state index contributed by atoms with van der Waals surface area (Å²) in [4.78, 5) is 12.6. The van der Waals surface area contributed by atoms with Crippen molar-refractivity contribution < 1.29 is 23.0 Å². The Hall–Kier alpha value is -2.63. The Kier molecular flexibility index (Phi) is 3.01. The van der Waals surface area contributed by atoms with E-state index in [-0.39, 0.29) is 18.4 Å². The SMILES string of the molecule is O=C(Nc1ccc(F)cc1F)C1(c2ccc3c(c2)OCO3)CC1. The van der Waals surface area contributed by atoms with Crippen LogP contribution >= 0.6 is 0 Å². The number of amides is 1. The molecular formula is C17H13F2NO3. The minimum absolute atomic E-state index is 0.0246. The molecular weight excluding hydrogens is 304 g/mol. The molecule has 0 saturated heterocycles. The van der Waals surface area contributed by atoms with Gasteiger partial charge in [-0.05, 0) is 42.7 Å². The van der Waals surface area contributed by atoms with Gasteiger partial charge in [0.1, 0.15) is 11.6 Å². The second kappa shape index (κ2) is 4.94. The maximum Gasteiger partial charge on any atom is 0.235 e. The number of carbonyl (C=O) groups is 1. The van der Waals surface area contributed by atoms with Crippen molar-refractivity contribution in [2.75, 3.05) is 12.1 Å². The first-order valence-corrected chi connectivity index (χ1v) is 7.25. The van der Waals surface area contributed by atoms with Gasteiger partial charge in [-0.1, -0.05) is 6.07 Å². The largest absolute Gasteiger partial charge is 0.454 e. The molecule has 1 amide bonds. The summed E-state index contributed by atoms with van der Waals surface area (Å²) in [7, 11) is 0. The number of hydrogen-bond acceptors (Lipinski definition) is 3. The number of carbonyl (C=O) groups excluding carboxylic acids is 1. The van der Waals surface area contributed by atoms with Crippen molar-refractivity contribution >= 4 is 11.6 Å². The van der Waals surface area contributed by atoms with Gasteiger partial charge in [0.05, 0.1) is 11.1 Å². The lowest BCUT2D eigenvalue weighted by Gasteiger charge is -2.16. The first kappa shape index (κ1) is 14.0. The van der Waals surface area contributed by atoms with Crippen molar-refractivity contribution in [1.29, 1.82) is 0 Å². The van der Waals surface area contributed by atoms with Gasteiger partial charge in [-0.3, -0.25) is 4.79 Å². The molecule has 2 aliphatic rings. The van der Waals surface area contributed by atoms with Crippen molar-refractivity contribution in [3.63, 3.8) is 0 Å². The van der Waals surface area contributed by atoms with Gasteiger partial charge >= 0.3 is 0 Å². The molecule has 1 fully saturated rings. The molecule has 0 atom stereocenters. The third kappa shape index (κ3) is 2.30. The highest BCUT2D eigenvalue weighted by Gasteiger charge is 2.51. The van der Waals surface area contributed by atoms with E-state index < -0.39 is 17.0 Å². The van der Waals surface area contributed by atoms with Crippen molar-refractivity contribution in [2.24, 2.45) is 0 Å². The van der Waals surface area contributed by atoms with Gasteiger partial charge in [0, 0.05) is 6.07 Å². The van der Waals surface area contributed by atoms with Crippen LogP contribution in [-0.4, -0.2) is 12.7 Å². The van der Waals surface area contributed by atoms with Crippen LogP contribution in [0.25, 0.3) is 0 Å². The number of ether oxygens (including phenoxy) is 2. The minimum atomic E-state index is -0.792. The molecule has 4 rings (SSSR count). The minimum Gasteiger partial charge on any atom is -0.454 e. The first-order chi connectivity index (χ1) is 11.1. The Morgan fingerprint density at radius 3 is 2.57 bits per heavy atom. The second-order valence-electron chi connectivity index (χ2n) is 5.73. The number of benzene rings is 2. The van der Waals surface area contributed by atoms with Gasteiger partial charge in [-0.25, -0.2) is 8.78 Å². The fourth-order valence-electron chi connectivity index (χ4n) is 2.80. The summed E-state index contributed by atoms with van der Waals surface area (Å²) < 4.78 is 37.3. The van der Waals surface area contributed by atoms with Gasteiger partial charge in [-0.15, -0.1) is 0 Å².